The van der Waals surface area contributed by atoms with Crippen LogP contribution in [0.3, 0.4) is 0 Å². The average Bonchev–Trinajstić information content (AvgIpc) is 1.97. The van der Waals surface area contributed by atoms with E-state index in [2.05, 4.69) is 0 Å². The number of hydrogen-bond donors (Lipinski definition) is 0. The molecule has 6 heteroatoms. The van der Waals surface area contributed by atoms with E-state index in [1.807, 2.05) is 0 Å². The van der Waals surface area contributed by atoms with Gasteiger partial charge in [-0.3, -0.25) is 9.69 Å². The molecule has 0 atom stereocenters. The highest BCUT2D eigenvalue weighted by molar-refractivity contribution is 5.71. The summed E-state index contributed by atoms with van der Waals surface area (Å²) in [6.07, 6.45) is -4.62. The maximum absolute atomic E-state index is 12.2. The normalized spacial score (nSPS) is 12.6. The fraction of sp³-hybridized carbons (Fsp3) is 0.900. The van der Waals surface area contributed by atoms with Crippen LogP contribution in [0.1, 0.15) is 27.7 Å². The first-order chi connectivity index (χ1) is 7.11. The van der Waals surface area contributed by atoms with Crippen molar-refractivity contribution in [3.05, 3.63) is 0 Å². The topological polar surface area (TPSA) is 29.5 Å². The molecule has 0 aromatic carbocycles. The molecular weight excluding hydrogens is 223 g/mol. The van der Waals surface area contributed by atoms with E-state index in [0.717, 1.165) is 4.90 Å². The smallest absolute Gasteiger partial charge is 0.401 e. The summed E-state index contributed by atoms with van der Waals surface area (Å²) in [4.78, 5) is 12.3. The fourth-order valence-electron chi connectivity index (χ4n) is 1.12. The minimum Gasteiger partial charge on any atom is -0.462 e. The van der Waals surface area contributed by atoms with Crippen molar-refractivity contribution in [2.24, 2.45) is 0 Å². The summed E-state index contributed by atoms with van der Waals surface area (Å²) in [6, 6.07) is -0.360. The first-order valence-corrected chi connectivity index (χ1v) is 5.12. The first-order valence-electron chi connectivity index (χ1n) is 5.12. The number of alkyl halides is 3. The van der Waals surface area contributed by atoms with Crippen molar-refractivity contribution < 1.29 is 22.7 Å². The number of halogens is 3. The van der Waals surface area contributed by atoms with Crippen molar-refractivity contribution in [2.45, 2.75) is 46.0 Å². The zero-order chi connectivity index (χ0) is 12.9. The molecule has 0 bridgehead atoms. The van der Waals surface area contributed by atoms with Crippen molar-refractivity contribution in [3.8, 4) is 0 Å². The molecule has 0 aliphatic rings. The molecule has 0 saturated heterocycles. The van der Waals surface area contributed by atoms with Crippen LogP contribution in [0.5, 0.6) is 0 Å². The van der Waals surface area contributed by atoms with Crippen molar-refractivity contribution in [2.75, 3.05) is 13.1 Å². The SMILES string of the molecule is CC(C)OC(=O)CN(CC(F)(F)F)C(C)C. The van der Waals surface area contributed by atoms with Crippen molar-refractivity contribution in [3.63, 3.8) is 0 Å². The zero-order valence-corrected chi connectivity index (χ0v) is 9.97. The molecule has 0 aliphatic carbocycles. The van der Waals surface area contributed by atoms with E-state index < -0.39 is 18.7 Å². The van der Waals surface area contributed by atoms with Crippen LogP contribution in [0.4, 0.5) is 13.2 Å². The Balaban J connectivity index is 4.29. The van der Waals surface area contributed by atoms with Gasteiger partial charge in [0, 0.05) is 6.04 Å². The molecule has 0 aromatic heterocycles. The van der Waals surface area contributed by atoms with Gasteiger partial charge in [-0.1, -0.05) is 0 Å². The van der Waals surface area contributed by atoms with E-state index in [4.69, 9.17) is 4.74 Å². The van der Waals surface area contributed by atoms with Crippen LogP contribution in [-0.4, -0.2) is 42.3 Å². The van der Waals surface area contributed by atoms with E-state index in [0.29, 0.717) is 0 Å². The molecule has 0 saturated carbocycles. The number of ether oxygens (including phenoxy) is 1. The Morgan fingerprint density at radius 1 is 1.25 bits per heavy atom. The number of carbonyl (C=O) groups excluding carboxylic acids is 1. The Morgan fingerprint density at radius 2 is 1.75 bits per heavy atom. The highest BCUT2D eigenvalue weighted by atomic mass is 19.4. The van der Waals surface area contributed by atoms with Crippen molar-refractivity contribution in [1.82, 2.24) is 4.90 Å². The molecule has 16 heavy (non-hydrogen) atoms. The molecule has 96 valence electrons. The molecule has 0 rings (SSSR count). The molecule has 0 heterocycles. The molecule has 0 radical (unpaired) electrons. The van der Waals surface area contributed by atoms with Gasteiger partial charge in [0.1, 0.15) is 0 Å². The molecule has 0 unspecified atom stereocenters. The van der Waals surface area contributed by atoms with Crippen molar-refractivity contribution in [1.29, 1.82) is 0 Å². The quantitative estimate of drug-likeness (QED) is 0.691. The Bertz CT molecular complexity index is 227. The van der Waals surface area contributed by atoms with Gasteiger partial charge in [0.05, 0.1) is 19.2 Å². The minimum absolute atomic E-state index is 0.313. The van der Waals surface area contributed by atoms with Crippen LogP contribution in [-0.2, 0) is 9.53 Å². The second kappa shape index (κ2) is 6.08. The molecule has 0 amide bonds. The van der Waals surface area contributed by atoms with Gasteiger partial charge >= 0.3 is 12.1 Å². The van der Waals surface area contributed by atoms with Crippen LogP contribution in [0, 0.1) is 0 Å². The van der Waals surface area contributed by atoms with Gasteiger partial charge in [-0.05, 0) is 27.7 Å². The molecule has 3 nitrogen and oxygen atoms in total. The van der Waals surface area contributed by atoms with Crippen LogP contribution in [0.2, 0.25) is 0 Å². The maximum atomic E-state index is 12.2. The number of esters is 1. The largest absolute Gasteiger partial charge is 0.462 e. The highest BCUT2D eigenvalue weighted by Gasteiger charge is 2.32. The second-order valence-electron chi connectivity index (χ2n) is 4.15. The number of carbonyl (C=O) groups is 1. The van der Waals surface area contributed by atoms with Gasteiger partial charge in [-0.2, -0.15) is 13.2 Å². The van der Waals surface area contributed by atoms with Crippen LogP contribution >= 0.6 is 0 Å². The van der Waals surface area contributed by atoms with Gasteiger partial charge in [-0.25, -0.2) is 0 Å². The lowest BCUT2D eigenvalue weighted by molar-refractivity contribution is -0.161. The minimum atomic E-state index is -4.30. The molecule has 0 fully saturated rings. The van der Waals surface area contributed by atoms with E-state index in [-0.39, 0.29) is 18.7 Å². The summed E-state index contributed by atoms with van der Waals surface area (Å²) in [5, 5.41) is 0. The summed E-state index contributed by atoms with van der Waals surface area (Å²) in [5.41, 5.74) is 0. The summed E-state index contributed by atoms with van der Waals surface area (Å²) in [5.74, 6) is -0.632. The lowest BCUT2D eigenvalue weighted by atomic mass is 10.3. The van der Waals surface area contributed by atoms with Crippen LogP contribution < -0.4 is 0 Å². The standard InChI is InChI=1S/C10H18F3NO2/c1-7(2)14(6-10(11,12)13)5-9(15)16-8(3)4/h7-8H,5-6H2,1-4H3. The summed E-state index contributed by atoms with van der Waals surface area (Å²) in [7, 11) is 0. The van der Waals surface area contributed by atoms with E-state index in [9.17, 15) is 18.0 Å². The maximum Gasteiger partial charge on any atom is 0.401 e. The zero-order valence-electron chi connectivity index (χ0n) is 9.97. The fourth-order valence-corrected chi connectivity index (χ4v) is 1.12. The predicted molar refractivity (Wildman–Crippen MR) is 54.0 cm³/mol. The first kappa shape index (κ1) is 15.2. The second-order valence-corrected chi connectivity index (χ2v) is 4.15. The number of rotatable bonds is 5. The molecule has 0 aliphatic heterocycles. The van der Waals surface area contributed by atoms with E-state index in [1.165, 1.54) is 0 Å². The van der Waals surface area contributed by atoms with Gasteiger partial charge in [0.25, 0.3) is 0 Å². The average molecular weight is 241 g/mol. The van der Waals surface area contributed by atoms with E-state index in [1.54, 1.807) is 27.7 Å². The summed E-state index contributed by atoms with van der Waals surface area (Å²) in [6.45, 7) is 5.08. The molecule has 0 spiro atoms. The Kier molecular flexibility index (Phi) is 5.78. The monoisotopic (exact) mass is 241 g/mol. The Labute approximate surface area is 93.6 Å². The molecule has 0 aromatic rings. The Morgan fingerprint density at radius 3 is 2.06 bits per heavy atom. The Hall–Kier alpha value is -0.780. The van der Waals surface area contributed by atoms with Gasteiger partial charge in [-0.15, -0.1) is 0 Å². The lowest BCUT2D eigenvalue weighted by Gasteiger charge is -2.26. The third kappa shape index (κ3) is 7.50. The molecular formula is C10H18F3NO2. The lowest BCUT2D eigenvalue weighted by Crippen LogP contribution is -2.42. The van der Waals surface area contributed by atoms with Crippen molar-refractivity contribution >= 4 is 5.97 Å². The molecule has 0 N–H and O–H groups in total. The van der Waals surface area contributed by atoms with E-state index >= 15 is 0 Å². The predicted octanol–water partition coefficient (Wildman–Crippen LogP) is 2.21. The summed E-state index contributed by atoms with van der Waals surface area (Å²) < 4.78 is 41.4. The van der Waals surface area contributed by atoms with Gasteiger partial charge in [0.15, 0.2) is 0 Å². The number of hydrogen-bond acceptors (Lipinski definition) is 3. The summed E-state index contributed by atoms with van der Waals surface area (Å²) >= 11 is 0. The van der Waals surface area contributed by atoms with Crippen LogP contribution in [0.15, 0.2) is 0 Å². The third-order valence-corrected chi connectivity index (χ3v) is 1.81. The third-order valence-electron chi connectivity index (χ3n) is 1.81. The van der Waals surface area contributed by atoms with Gasteiger partial charge < -0.3 is 4.74 Å². The highest BCUT2D eigenvalue weighted by Crippen LogP contribution is 2.17. The van der Waals surface area contributed by atoms with Gasteiger partial charge in [0.2, 0.25) is 0 Å². The number of nitrogens with zero attached hydrogens (tertiary/aromatic N) is 1. The van der Waals surface area contributed by atoms with Crippen LogP contribution in [0.25, 0.3) is 0 Å².